The highest BCUT2D eigenvalue weighted by atomic mass is 79.9. The van der Waals surface area contributed by atoms with Crippen molar-refractivity contribution in [2.75, 3.05) is 25.6 Å². The van der Waals surface area contributed by atoms with E-state index in [4.69, 9.17) is 4.74 Å². The lowest BCUT2D eigenvalue weighted by molar-refractivity contribution is -0.130. The predicted octanol–water partition coefficient (Wildman–Crippen LogP) is 2.27. The molecule has 1 saturated heterocycles. The number of carbonyl (C=O) groups is 2. The van der Waals surface area contributed by atoms with Gasteiger partial charge in [0, 0.05) is 30.2 Å². The summed E-state index contributed by atoms with van der Waals surface area (Å²) in [4.78, 5) is 26.0. The molecular weight excluding hydrogens is 336 g/mol. The fourth-order valence-corrected chi connectivity index (χ4v) is 2.87. The van der Waals surface area contributed by atoms with E-state index in [-0.39, 0.29) is 30.2 Å². The predicted molar refractivity (Wildman–Crippen MR) is 83.9 cm³/mol. The van der Waals surface area contributed by atoms with Crippen molar-refractivity contribution in [2.45, 2.75) is 19.4 Å². The molecule has 0 aromatic heterocycles. The summed E-state index contributed by atoms with van der Waals surface area (Å²) in [6, 6.07) is 7.39. The molecule has 2 amide bonds. The van der Waals surface area contributed by atoms with Gasteiger partial charge in [-0.3, -0.25) is 9.59 Å². The lowest BCUT2D eigenvalue weighted by Gasteiger charge is -2.23. The van der Waals surface area contributed by atoms with Gasteiger partial charge < -0.3 is 15.0 Å². The van der Waals surface area contributed by atoms with Crippen molar-refractivity contribution in [1.82, 2.24) is 4.90 Å². The monoisotopic (exact) mass is 354 g/mol. The second-order valence-corrected chi connectivity index (χ2v) is 6.17. The molecule has 0 aliphatic carbocycles. The Bertz CT molecular complexity index is 535. The van der Waals surface area contributed by atoms with Crippen molar-refractivity contribution in [3.63, 3.8) is 0 Å². The van der Waals surface area contributed by atoms with Crippen molar-refractivity contribution < 1.29 is 14.3 Å². The molecule has 1 fully saturated rings. The molecule has 1 aliphatic rings. The summed E-state index contributed by atoms with van der Waals surface area (Å²) in [5.74, 6) is -0.418. The maximum Gasteiger partial charge on any atom is 0.229 e. The fraction of sp³-hybridized carbons (Fsp3) is 0.467. The molecule has 6 heteroatoms. The highest BCUT2D eigenvalue weighted by molar-refractivity contribution is 9.10. The number of methoxy groups -OCH3 is 1. The van der Waals surface area contributed by atoms with Crippen molar-refractivity contribution in [3.05, 3.63) is 28.7 Å². The molecule has 21 heavy (non-hydrogen) atoms. The highest BCUT2D eigenvalue weighted by Gasteiger charge is 2.36. The SMILES string of the molecule is COCC(C)N1CC(C(=O)Nc2cccc(Br)c2)CC1=O. The Morgan fingerprint density at radius 2 is 2.33 bits per heavy atom. The van der Waals surface area contributed by atoms with E-state index in [9.17, 15) is 9.59 Å². The number of carbonyl (C=O) groups excluding carboxylic acids is 2. The molecule has 0 saturated carbocycles. The third kappa shape index (κ3) is 4.04. The molecule has 0 radical (unpaired) electrons. The Hall–Kier alpha value is -1.40. The van der Waals surface area contributed by atoms with E-state index in [1.165, 1.54) is 0 Å². The van der Waals surface area contributed by atoms with E-state index in [1.54, 1.807) is 12.0 Å². The van der Waals surface area contributed by atoms with Crippen LogP contribution in [-0.2, 0) is 14.3 Å². The highest BCUT2D eigenvalue weighted by Crippen LogP contribution is 2.23. The van der Waals surface area contributed by atoms with Crippen LogP contribution in [0, 0.1) is 5.92 Å². The zero-order valence-corrected chi connectivity index (χ0v) is 13.7. The first-order valence-corrected chi connectivity index (χ1v) is 7.65. The zero-order valence-electron chi connectivity index (χ0n) is 12.1. The Morgan fingerprint density at radius 3 is 3.00 bits per heavy atom. The van der Waals surface area contributed by atoms with E-state index in [2.05, 4.69) is 21.2 Å². The second-order valence-electron chi connectivity index (χ2n) is 5.25. The summed E-state index contributed by atoms with van der Waals surface area (Å²) < 4.78 is 5.97. The topological polar surface area (TPSA) is 58.6 Å². The van der Waals surface area contributed by atoms with Crippen LogP contribution < -0.4 is 5.32 Å². The minimum atomic E-state index is -0.309. The molecule has 0 bridgehead atoms. The van der Waals surface area contributed by atoms with Gasteiger partial charge in [-0.05, 0) is 25.1 Å². The molecule has 1 heterocycles. The van der Waals surface area contributed by atoms with E-state index < -0.39 is 0 Å². The average molecular weight is 355 g/mol. The van der Waals surface area contributed by atoms with Crippen LogP contribution in [0.15, 0.2) is 28.7 Å². The van der Waals surface area contributed by atoms with Crippen LogP contribution in [0.4, 0.5) is 5.69 Å². The molecule has 114 valence electrons. The van der Waals surface area contributed by atoms with Crippen molar-refractivity contribution in [3.8, 4) is 0 Å². The third-order valence-corrected chi connectivity index (χ3v) is 4.05. The Kier molecular flexibility index (Phi) is 5.36. The smallest absolute Gasteiger partial charge is 0.229 e. The number of hydrogen-bond acceptors (Lipinski definition) is 3. The van der Waals surface area contributed by atoms with E-state index in [0.29, 0.717) is 13.2 Å². The van der Waals surface area contributed by atoms with Crippen LogP contribution >= 0.6 is 15.9 Å². The first kappa shape index (κ1) is 16.0. The molecule has 1 aromatic carbocycles. The van der Waals surface area contributed by atoms with Crippen LogP contribution in [0.5, 0.6) is 0 Å². The van der Waals surface area contributed by atoms with Crippen molar-refractivity contribution in [1.29, 1.82) is 0 Å². The molecule has 5 nitrogen and oxygen atoms in total. The summed E-state index contributed by atoms with van der Waals surface area (Å²) in [6.45, 7) is 2.85. The van der Waals surface area contributed by atoms with Gasteiger partial charge in [-0.15, -0.1) is 0 Å². The van der Waals surface area contributed by atoms with Crippen LogP contribution in [0.2, 0.25) is 0 Å². The van der Waals surface area contributed by atoms with E-state index in [1.807, 2.05) is 31.2 Å². The van der Waals surface area contributed by atoms with E-state index >= 15 is 0 Å². The number of halogens is 1. The van der Waals surface area contributed by atoms with Gasteiger partial charge in [0.2, 0.25) is 11.8 Å². The first-order valence-electron chi connectivity index (χ1n) is 6.86. The van der Waals surface area contributed by atoms with Crippen LogP contribution in [-0.4, -0.2) is 43.0 Å². The first-order chi connectivity index (χ1) is 10.0. The van der Waals surface area contributed by atoms with Gasteiger partial charge >= 0.3 is 0 Å². The Labute approximate surface area is 132 Å². The lowest BCUT2D eigenvalue weighted by Crippen LogP contribution is -2.38. The van der Waals surface area contributed by atoms with Crippen molar-refractivity contribution in [2.24, 2.45) is 5.92 Å². The summed E-state index contributed by atoms with van der Waals surface area (Å²) in [5.41, 5.74) is 0.727. The second kappa shape index (κ2) is 7.04. The summed E-state index contributed by atoms with van der Waals surface area (Å²) in [5, 5.41) is 2.86. The summed E-state index contributed by atoms with van der Waals surface area (Å²) >= 11 is 3.36. The van der Waals surface area contributed by atoms with Crippen molar-refractivity contribution >= 4 is 33.4 Å². The van der Waals surface area contributed by atoms with Crippen LogP contribution in [0.3, 0.4) is 0 Å². The molecule has 0 spiro atoms. The number of hydrogen-bond donors (Lipinski definition) is 1. The van der Waals surface area contributed by atoms with Gasteiger partial charge in [-0.25, -0.2) is 0 Å². The zero-order chi connectivity index (χ0) is 15.4. The standard InChI is InChI=1S/C15H19BrN2O3/c1-10(9-21-2)18-8-11(6-14(18)19)15(20)17-13-5-3-4-12(16)7-13/h3-5,7,10-11H,6,8-9H2,1-2H3,(H,17,20). The largest absolute Gasteiger partial charge is 0.383 e. The Morgan fingerprint density at radius 1 is 1.57 bits per heavy atom. The Balaban J connectivity index is 1.97. The lowest BCUT2D eigenvalue weighted by atomic mass is 10.1. The minimum Gasteiger partial charge on any atom is -0.383 e. The number of benzene rings is 1. The van der Waals surface area contributed by atoms with Crippen LogP contribution in [0.25, 0.3) is 0 Å². The number of ether oxygens (including phenoxy) is 1. The van der Waals surface area contributed by atoms with Gasteiger partial charge in [0.15, 0.2) is 0 Å². The molecule has 1 aromatic rings. The third-order valence-electron chi connectivity index (χ3n) is 3.56. The fourth-order valence-electron chi connectivity index (χ4n) is 2.47. The molecule has 1 aliphatic heterocycles. The number of likely N-dealkylation sites (tertiary alicyclic amines) is 1. The summed E-state index contributed by atoms with van der Waals surface area (Å²) in [7, 11) is 1.61. The molecular formula is C15H19BrN2O3. The number of anilines is 1. The van der Waals surface area contributed by atoms with Gasteiger partial charge in [-0.2, -0.15) is 0 Å². The molecule has 2 unspecified atom stereocenters. The molecule has 2 atom stereocenters. The maximum absolute atomic E-state index is 12.3. The van der Waals surface area contributed by atoms with Gasteiger partial charge in [0.25, 0.3) is 0 Å². The van der Waals surface area contributed by atoms with Crippen LogP contribution in [0.1, 0.15) is 13.3 Å². The number of rotatable bonds is 5. The van der Waals surface area contributed by atoms with Gasteiger partial charge in [0.05, 0.1) is 18.6 Å². The van der Waals surface area contributed by atoms with E-state index in [0.717, 1.165) is 10.2 Å². The number of nitrogens with one attached hydrogen (secondary N) is 1. The van der Waals surface area contributed by atoms with Gasteiger partial charge in [-0.1, -0.05) is 22.0 Å². The van der Waals surface area contributed by atoms with Gasteiger partial charge in [0.1, 0.15) is 0 Å². The summed E-state index contributed by atoms with van der Waals surface area (Å²) in [6.07, 6.45) is 0.258. The maximum atomic E-state index is 12.3. The molecule has 2 rings (SSSR count). The number of amides is 2. The normalized spacial score (nSPS) is 19.7. The quantitative estimate of drug-likeness (QED) is 0.882. The number of nitrogens with zero attached hydrogens (tertiary/aromatic N) is 1. The minimum absolute atomic E-state index is 0.00818. The average Bonchev–Trinajstić information content (AvgIpc) is 2.81. The molecule has 1 N–H and O–H groups in total.